The van der Waals surface area contributed by atoms with Crippen LogP contribution < -0.4 is 15.2 Å². The number of ether oxygens (including phenoxy) is 2. The number of pyridine rings is 2. The fraction of sp³-hybridized carbons (Fsp3) is 0.478. The molecule has 0 saturated carbocycles. The number of piperazine rings is 1. The minimum Gasteiger partial charge on any atom is -0.478 e. The van der Waals surface area contributed by atoms with Crippen LogP contribution in [0.25, 0.3) is 0 Å². The maximum Gasteiger partial charge on any atom is 0.493 e. The summed E-state index contributed by atoms with van der Waals surface area (Å²) >= 11 is 0. The molecule has 13 heteroatoms. The van der Waals surface area contributed by atoms with E-state index in [1.807, 2.05) is 18.2 Å². The zero-order chi connectivity index (χ0) is 25.8. The number of carbonyl (C=O) groups excluding carboxylic acids is 1. The highest BCUT2D eigenvalue weighted by Gasteiger charge is 2.41. The van der Waals surface area contributed by atoms with Crippen molar-refractivity contribution >= 4 is 11.8 Å². The number of hydrogen-bond acceptors (Lipinski definition) is 9. The first-order valence-corrected chi connectivity index (χ1v) is 11.5. The molecular weight excluding hydrogens is 481 g/mol. The Kier molecular flexibility index (Phi) is 10.2. The zero-order valence-electron chi connectivity index (χ0n) is 19.7. The molecule has 2 aromatic rings. The topological polar surface area (TPSA) is 115 Å². The molecule has 2 aromatic heterocycles. The van der Waals surface area contributed by atoms with Gasteiger partial charge in [0.25, 0.3) is 0 Å². The largest absolute Gasteiger partial charge is 0.493 e. The Morgan fingerprint density at radius 2 is 1.56 bits per heavy atom. The lowest BCUT2D eigenvalue weighted by Crippen LogP contribution is -2.47. The highest BCUT2D eigenvalue weighted by Crippen LogP contribution is 2.17. The van der Waals surface area contributed by atoms with Crippen molar-refractivity contribution in [3.8, 4) is 11.8 Å². The van der Waals surface area contributed by atoms with Crippen LogP contribution in [0, 0.1) is 0 Å². The van der Waals surface area contributed by atoms with Gasteiger partial charge in [0, 0.05) is 69.4 Å². The Morgan fingerprint density at radius 3 is 2.06 bits per heavy atom. The molecule has 0 unspecified atom stereocenters. The highest BCUT2D eigenvalue weighted by atomic mass is 19.4. The van der Waals surface area contributed by atoms with E-state index in [0.717, 1.165) is 52.1 Å². The molecule has 0 radical (unpaired) electrons. The van der Waals surface area contributed by atoms with Crippen molar-refractivity contribution in [3.63, 3.8) is 0 Å². The summed E-state index contributed by atoms with van der Waals surface area (Å²) in [7, 11) is 0. The number of halogens is 3. The normalized spacial score (nSPS) is 15.5. The summed E-state index contributed by atoms with van der Waals surface area (Å²) in [6.07, 6.45) is -0.391. The smallest absolute Gasteiger partial charge is 0.478 e. The van der Waals surface area contributed by atoms with Gasteiger partial charge in [0.05, 0.1) is 13.2 Å². The van der Waals surface area contributed by atoms with Gasteiger partial charge in [-0.3, -0.25) is 0 Å². The van der Waals surface area contributed by atoms with Crippen molar-refractivity contribution < 1.29 is 32.3 Å². The van der Waals surface area contributed by atoms with Gasteiger partial charge in [-0.25, -0.2) is 14.8 Å². The molecule has 1 aliphatic heterocycles. The Labute approximate surface area is 206 Å². The summed E-state index contributed by atoms with van der Waals surface area (Å²) in [6, 6.07) is 8.59. The Hall–Kier alpha value is -3.45. The van der Waals surface area contributed by atoms with Crippen LogP contribution in [-0.2, 0) is 9.63 Å². The third-order valence-corrected chi connectivity index (χ3v) is 5.33. The van der Waals surface area contributed by atoms with Crippen LogP contribution in [0.1, 0.15) is 18.4 Å². The van der Waals surface area contributed by atoms with Gasteiger partial charge < -0.3 is 29.8 Å². The molecular formula is C23H29F3N6O4. The molecule has 3 heterocycles. The van der Waals surface area contributed by atoms with Gasteiger partial charge in [-0.2, -0.15) is 13.2 Å². The summed E-state index contributed by atoms with van der Waals surface area (Å²) in [6.45, 7) is 7.00. The van der Waals surface area contributed by atoms with Crippen molar-refractivity contribution in [2.24, 2.45) is 10.9 Å². The molecule has 0 aromatic carbocycles. The molecule has 36 heavy (non-hydrogen) atoms. The maximum atomic E-state index is 12.1. The van der Waals surface area contributed by atoms with Crippen LogP contribution in [0.4, 0.5) is 13.2 Å². The lowest BCUT2D eigenvalue weighted by molar-refractivity contribution is -0.199. The minimum atomic E-state index is -5.15. The molecule has 3 rings (SSSR count). The average Bonchev–Trinajstić information content (AvgIpc) is 2.88. The molecule has 0 bridgehead atoms. The SMILES string of the molecule is N/C(=N\OC(=O)C(F)(F)F)c1ccc(OCCCN2CCN(CCCOc3ccccn3)CC2)nc1. The first-order chi connectivity index (χ1) is 17.3. The second-order valence-electron chi connectivity index (χ2n) is 7.99. The summed E-state index contributed by atoms with van der Waals surface area (Å²) in [4.78, 5) is 27.4. The fourth-order valence-electron chi connectivity index (χ4n) is 3.41. The second kappa shape index (κ2) is 13.6. The number of hydrogen-bond donors (Lipinski definition) is 1. The molecule has 0 amide bonds. The number of aromatic nitrogens is 2. The van der Waals surface area contributed by atoms with E-state index in [4.69, 9.17) is 15.2 Å². The first-order valence-electron chi connectivity index (χ1n) is 11.5. The lowest BCUT2D eigenvalue weighted by atomic mass is 10.2. The quantitative estimate of drug-likeness (QED) is 0.151. The Morgan fingerprint density at radius 1 is 0.944 bits per heavy atom. The van der Waals surface area contributed by atoms with Crippen LogP contribution >= 0.6 is 0 Å². The predicted molar refractivity (Wildman–Crippen MR) is 124 cm³/mol. The van der Waals surface area contributed by atoms with E-state index in [1.165, 1.54) is 18.3 Å². The predicted octanol–water partition coefficient (Wildman–Crippen LogP) is 2.06. The minimum absolute atomic E-state index is 0.193. The van der Waals surface area contributed by atoms with E-state index in [9.17, 15) is 18.0 Å². The number of carbonyl (C=O) groups is 1. The standard InChI is InChI=1S/C23H29F3N6O4/c24-23(25,26)22(33)36-30-21(27)18-6-7-20(29-17-18)35-16-4-10-32-13-11-31(12-14-32)9-3-15-34-19-5-1-2-8-28-19/h1-2,5-8,17H,3-4,9-16H2,(H2,27,30). The number of nitrogens with two attached hydrogens (primary N) is 1. The van der Waals surface area contributed by atoms with Gasteiger partial charge in [-0.05, 0) is 25.0 Å². The molecule has 2 N–H and O–H groups in total. The van der Waals surface area contributed by atoms with Crippen LogP contribution in [0.5, 0.6) is 11.8 Å². The average molecular weight is 511 g/mol. The lowest BCUT2D eigenvalue weighted by Gasteiger charge is -2.34. The van der Waals surface area contributed by atoms with Gasteiger partial charge in [-0.15, -0.1) is 0 Å². The van der Waals surface area contributed by atoms with Crippen molar-refractivity contribution in [2.45, 2.75) is 19.0 Å². The third-order valence-electron chi connectivity index (χ3n) is 5.33. The molecule has 1 saturated heterocycles. The Bertz CT molecular complexity index is 968. The van der Waals surface area contributed by atoms with Crippen LogP contribution in [0.2, 0.25) is 0 Å². The summed E-state index contributed by atoms with van der Waals surface area (Å²) in [5, 5.41) is 2.98. The number of alkyl halides is 3. The molecule has 10 nitrogen and oxygen atoms in total. The molecule has 0 spiro atoms. The van der Waals surface area contributed by atoms with Crippen molar-refractivity contribution in [1.29, 1.82) is 0 Å². The van der Waals surface area contributed by atoms with Gasteiger partial charge in [-0.1, -0.05) is 11.2 Å². The van der Waals surface area contributed by atoms with Gasteiger partial charge >= 0.3 is 12.1 Å². The van der Waals surface area contributed by atoms with Crippen molar-refractivity contribution in [3.05, 3.63) is 48.3 Å². The van der Waals surface area contributed by atoms with E-state index in [2.05, 4.69) is 29.8 Å². The third kappa shape index (κ3) is 9.30. The van der Waals surface area contributed by atoms with Crippen molar-refractivity contribution in [1.82, 2.24) is 19.8 Å². The van der Waals surface area contributed by atoms with Gasteiger partial charge in [0.15, 0.2) is 5.84 Å². The Balaban J connectivity index is 1.26. The zero-order valence-corrected chi connectivity index (χ0v) is 19.7. The van der Waals surface area contributed by atoms with Gasteiger partial charge in [0.1, 0.15) is 0 Å². The summed E-state index contributed by atoms with van der Waals surface area (Å²) < 4.78 is 47.6. The summed E-state index contributed by atoms with van der Waals surface area (Å²) in [5.41, 5.74) is 5.71. The fourth-order valence-corrected chi connectivity index (χ4v) is 3.41. The first kappa shape index (κ1) is 27.1. The monoisotopic (exact) mass is 510 g/mol. The van der Waals surface area contributed by atoms with Crippen LogP contribution in [0.3, 0.4) is 0 Å². The van der Waals surface area contributed by atoms with Crippen LogP contribution in [-0.4, -0.2) is 90.2 Å². The second-order valence-corrected chi connectivity index (χ2v) is 7.99. The maximum absolute atomic E-state index is 12.1. The number of oxime groups is 1. The molecule has 0 atom stereocenters. The summed E-state index contributed by atoms with van der Waals surface area (Å²) in [5.74, 6) is -1.87. The molecule has 1 aliphatic rings. The highest BCUT2D eigenvalue weighted by molar-refractivity contribution is 5.97. The van der Waals surface area contributed by atoms with E-state index in [0.29, 0.717) is 25.0 Å². The number of rotatable bonds is 12. The van der Waals surface area contributed by atoms with Gasteiger partial charge in [0.2, 0.25) is 11.8 Å². The van der Waals surface area contributed by atoms with E-state index < -0.39 is 18.0 Å². The molecule has 0 aliphatic carbocycles. The van der Waals surface area contributed by atoms with Crippen LogP contribution in [0.15, 0.2) is 47.9 Å². The molecule has 1 fully saturated rings. The number of nitrogens with zero attached hydrogens (tertiary/aromatic N) is 5. The molecule has 196 valence electrons. The van der Waals surface area contributed by atoms with E-state index in [1.54, 1.807) is 6.20 Å². The van der Waals surface area contributed by atoms with E-state index >= 15 is 0 Å². The van der Waals surface area contributed by atoms with E-state index in [-0.39, 0.29) is 5.56 Å². The van der Waals surface area contributed by atoms with Crippen molar-refractivity contribution in [2.75, 3.05) is 52.5 Å². The number of amidine groups is 1.